The molecule has 0 radical (unpaired) electrons. The van der Waals surface area contributed by atoms with E-state index in [2.05, 4.69) is 5.32 Å². The molecule has 94 valence electrons. The summed E-state index contributed by atoms with van der Waals surface area (Å²) in [6, 6.07) is 11.2. The maximum atomic E-state index is 11.8. The molecule has 4 nitrogen and oxygen atoms in total. The third-order valence-electron chi connectivity index (χ3n) is 2.57. The van der Waals surface area contributed by atoms with Crippen LogP contribution in [0.2, 0.25) is 0 Å². The van der Waals surface area contributed by atoms with Gasteiger partial charge in [0, 0.05) is 30.2 Å². The van der Waals surface area contributed by atoms with E-state index >= 15 is 0 Å². The predicted molar refractivity (Wildman–Crippen MR) is 69.8 cm³/mol. The Hall–Kier alpha value is -2.07. The lowest BCUT2D eigenvalue weighted by Gasteiger charge is -2.09. The first-order valence-electron chi connectivity index (χ1n) is 5.86. The van der Waals surface area contributed by atoms with Crippen LogP contribution >= 0.6 is 0 Å². The maximum absolute atomic E-state index is 11.8. The van der Waals surface area contributed by atoms with Crippen molar-refractivity contribution in [2.24, 2.45) is 0 Å². The van der Waals surface area contributed by atoms with Gasteiger partial charge >= 0.3 is 0 Å². The average molecular weight is 244 g/mol. The van der Waals surface area contributed by atoms with Gasteiger partial charge in [0.25, 0.3) is 5.91 Å². The molecule has 0 saturated heterocycles. The quantitative estimate of drug-likeness (QED) is 0.858. The zero-order valence-electron chi connectivity index (χ0n) is 10.2. The van der Waals surface area contributed by atoms with Gasteiger partial charge in [-0.05, 0) is 37.3 Å². The highest BCUT2D eigenvalue weighted by atomic mass is 16.3. The normalized spacial score (nSPS) is 12.1. The summed E-state index contributed by atoms with van der Waals surface area (Å²) < 4.78 is 1.94. The molecule has 1 aromatic carbocycles. The van der Waals surface area contributed by atoms with Crippen LogP contribution in [0.5, 0.6) is 0 Å². The summed E-state index contributed by atoms with van der Waals surface area (Å²) in [4.78, 5) is 11.8. The summed E-state index contributed by atoms with van der Waals surface area (Å²) >= 11 is 0. The van der Waals surface area contributed by atoms with Crippen molar-refractivity contribution >= 4 is 5.91 Å². The number of aromatic nitrogens is 1. The van der Waals surface area contributed by atoms with Crippen LogP contribution in [0, 0.1) is 0 Å². The Morgan fingerprint density at radius 3 is 2.72 bits per heavy atom. The maximum Gasteiger partial charge on any atom is 0.251 e. The van der Waals surface area contributed by atoms with Crippen molar-refractivity contribution < 1.29 is 9.90 Å². The predicted octanol–water partition coefficient (Wildman–Crippen LogP) is 1.59. The van der Waals surface area contributed by atoms with Crippen LogP contribution in [-0.2, 0) is 0 Å². The molecule has 0 spiro atoms. The SMILES string of the molecule is CC(O)CNC(=O)c1cccc(-n2cccc2)c1. The summed E-state index contributed by atoms with van der Waals surface area (Å²) in [6.45, 7) is 1.89. The molecule has 1 unspecified atom stereocenters. The van der Waals surface area contributed by atoms with Gasteiger partial charge in [-0.2, -0.15) is 0 Å². The molecule has 4 heteroatoms. The minimum atomic E-state index is -0.540. The van der Waals surface area contributed by atoms with E-state index in [0.29, 0.717) is 5.56 Å². The second-order valence-corrected chi connectivity index (χ2v) is 4.20. The fourth-order valence-corrected chi connectivity index (χ4v) is 1.66. The number of nitrogens with one attached hydrogen (secondary N) is 1. The molecule has 0 aliphatic heterocycles. The minimum absolute atomic E-state index is 0.176. The lowest BCUT2D eigenvalue weighted by molar-refractivity contribution is 0.0924. The molecule has 0 bridgehead atoms. The minimum Gasteiger partial charge on any atom is -0.392 e. The van der Waals surface area contributed by atoms with Crippen LogP contribution in [0.4, 0.5) is 0 Å². The molecule has 0 aliphatic carbocycles. The van der Waals surface area contributed by atoms with Crippen molar-refractivity contribution in [1.29, 1.82) is 0 Å². The number of hydrogen-bond donors (Lipinski definition) is 2. The van der Waals surface area contributed by atoms with Crippen molar-refractivity contribution in [2.75, 3.05) is 6.54 Å². The topological polar surface area (TPSA) is 54.3 Å². The van der Waals surface area contributed by atoms with E-state index < -0.39 is 6.10 Å². The summed E-state index contributed by atoms with van der Waals surface area (Å²) in [5.41, 5.74) is 1.52. The van der Waals surface area contributed by atoms with E-state index in [-0.39, 0.29) is 12.5 Å². The molecule has 1 atom stereocenters. The monoisotopic (exact) mass is 244 g/mol. The first-order valence-corrected chi connectivity index (χ1v) is 5.86. The summed E-state index contributed by atoms with van der Waals surface area (Å²) in [5.74, 6) is -0.176. The van der Waals surface area contributed by atoms with Gasteiger partial charge in [0.15, 0.2) is 0 Å². The van der Waals surface area contributed by atoms with E-state index in [1.54, 1.807) is 13.0 Å². The van der Waals surface area contributed by atoms with Gasteiger partial charge in [-0.3, -0.25) is 4.79 Å². The molecule has 0 saturated carbocycles. The van der Waals surface area contributed by atoms with Gasteiger partial charge in [0.1, 0.15) is 0 Å². The molecule has 1 heterocycles. The Labute approximate surface area is 106 Å². The number of nitrogens with zero attached hydrogens (tertiary/aromatic N) is 1. The second kappa shape index (κ2) is 5.51. The fourth-order valence-electron chi connectivity index (χ4n) is 1.66. The summed E-state index contributed by atoms with van der Waals surface area (Å²) in [7, 11) is 0. The number of benzene rings is 1. The third kappa shape index (κ3) is 2.99. The first kappa shape index (κ1) is 12.4. The lowest BCUT2D eigenvalue weighted by atomic mass is 10.2. The van der Waals surface area contributed by atoms with E-state index in [9.17, 15) is 4.79 Å². The van der Waals surface area contributed by atoms with Crippen LogP contribution in [0.15, 0.2) is 48.8 Å². The summed E-state index contributed by atoms with van der Waals surface area (Å²) in [5, 5.41) is 11.8. The molecule has 2 aromatic rings. The number of aliphatic hydroxyl groups is 1. The number of carbonyl (C=O) groups excluding carboxylic acids is 1. The fraction of sp³-hybridized carbons (Fsp3) is 0.214. The largest absolute Gasteiger partial charge is 0.392 e. The molecular weight excluding hydrogens is 228 g/mol. The number of amides is 1. The Balaban J connectivity index is 2.15. The highest BCUT2D eigenvalue weighted by molar-refractivity contribution is 5.94. The molecule has 0 fully saturated rings. The van der Waals surface area contributed by atoms with Crippen LogP contribution in [0.3, 0.4) is 0 Å². The number of rotatable bonds is 4. The second-order valence-electron chi connectivity index (χ2n) is 4.20. The van der Waals surface area contributed by atoms with Crippen molar-refractivity contribution in [3.63, 3.8) is 0 Å². The van der Waals surface area contributed by atoms with E-state index in [1.165, 1.54) is 0 Å². The molecule has 2 N–H and O–H groups in total. The number of aliphatic hydroxyl groups excluding tert-OH is 1. The van der Waals surface area contributed by atoms with Crippen molar-refractivity contribution in [2.45, 2.75) is 13.0 Å². The first-order chi connectivity index (χ1) is 8.66. The highest BCUT2D eigenvalue weighted by Gasteiger charge is 2.07. The molecule has 1 amide bonds. The van der Waals surface area contributed by atoms with Crippen molar-refractivity contribution in [1.82, 2.24) is 9.88 Å². The summed E-state index contributed by atoms with van der Waals surface area (Å²) in [6.07, 6.45) is 3.31. The van der Waals surface area contributed by atoms with E-state index in [1.807, 2.05) is 47.3 Å². The molecule has 0 aliphatic rings. The van der Waals surface area contributed by atoms with E-state index in [4.69, 9.17) is 5.11 Å². The third-order valence-corrected chi connectivity index (χ3v) is 2.57. The Morgan fingerprint density at radius 2 is 2.06 bits per heavy atom. The molecule has 1 aromatic heterocycles. The smallest absolute Gasteiger partial charge is 0.251 e. The van der Waals surface area contributed by atoms with Gasteiger partial charge in [0.2, 0.25) is 0 Å². The number of carbonyl (C=O) groups is 1. The Morgan fingerprint density at radius 1 is 1.33 bits per heavy atom. The Bertz CT molecular complexity index is 518. The van der Waals surface area contributed by atoms with Gasteiger partial charge in [-0.15, -0.1) is 0 Å². The van der Waals surface area contributed by atoms with Crippen LogP contribution in [0.1, 0.15) is 17.3 Å². The van der Waals surface area contributed by atoms with Crippen molar-refractivity contribution in [3.8, 4) is 5.69 Å². The van der Waals surface area contributed by atoms with Gasteiger partial charge in [0.05, 0.1) is 6.10 Å². The van der Waals surface area contributed by atoms with Crippen LogP contribution in [-0.4, -0.2) is 28.2 Å². The van der Waals surface area contributed by atoms with Gasteiger partial charge < -0.3 is 15.0 Å². The Kier molecular flexibility index (Phi) is 3.79. The van der Waals surface area contributed by atoms with Gasteiger partial charge in [-0.1, -0.05) is 6.07 Å². The van der Waals surface area contributed by atoms with Crippen LogP contribution < -0.4 is 5.32 Å². The van der Waals surface area contributed by atoms with E-state index in [0.717, 1.165) is 5.69 Å². The molecular formula is C14H16N2O2. The average Bonchev–Trinajstić information content (AvgIpc) is 2.90. The molecule has 18 heavy (non-hydrogen) atoms. The van der Waals surface area contributed by atoms with Crippen molar-refractivity contribution in [3.05, 3.63) is 54.4 Å². The van der Waals surface area contributed by atoms with Gasteiger partial charge in [-0.25, -0.2) is 0 Å². The zero-order valence-corrected chi connectivity index (χ0v) is 10.2. The lowest BCUT2D eigenvalue weighted by Crippen LogP contribution is -2.30. The highest BCUT2D eigenvalue weighted by Crippen LogP contribution is 2.10. The standard InChI is InChI=1S/C14H16N2O2/c1-11(17)10-15-14(18)12-5-4-6-13(9-12)16-7-2-3-8-16/h2-9,11,17H,10H2,1H3,(H,15,18). The van der Waals surface area contributed by atoms with Crippen LogP contribution in [0.25, 0.3) is 5.69 Å². The zero-order chi connectivity index (χ0) is 13.0. The number of hydrogen-bond acceptors (Lipinski definition) is 2. The molecule has 2 rings (SSSR count).